The number of alkyl halides is 6. The van der Waals surface area contributed by atoms with Crippen molar-refractivity contribution in [3.63, 3.8) is 0 Å². The molecule has 1 aromatic carbocycles. The molecule has 1 N–H and O–H groups in total. The molecule has 1 saturated heterocycles. The minimum atomic E-state index is -4.66. The van der Waals surface area contributed by atoms with Gasteiger partial charge in [-0.2, -0.15) is 26.3 Å². The molecule has 1 atom stereocenters. The third kappa shape index (κ3) is 7.15. The third-order valence-corrected chi connectivity index (χ3v) is 5.91. The topological polar surface area (TPSA) is 79.3 Å². The largest absolute Gasteiger partial charge is 0.482 e. The number of carbonyl (C=O) groups is 2. The van der Waals surface area contributed by atoms with Gasteiger partial charge in [-0.15, -0.1) is 0 Å². The van der Waals surface area contributed by atoms with Crippen molar-refractivity contribution < 1.29 is 50.5 Å². The summed E-state index contributed by atoms with van der Waals surface area (Å²) in [6.45, 7) is 2.14. The molecule has 1 unspecified atom stereocenters. The monoisotopic (exact) mass is 500 g/mol. The van der Waals surface area contributed by atoms with Gasteiger partial charge < -0.3 is 19.5 Å². The maximum Gasteiger partial charge on any atom is 0.425 e. The van der Waals surface area contributed by atoms with Gasteiger partial charge >= 0.3 is 24.4 Å². The highest BCUT2D eigenvalue weighted by atomic mass is 19.4. The summed E-state index contributed by atoms with van der Waals surface area (Å²) in [4.78, 5) is 25.9. The predicted octanol–water partition coefficient (Wildman–Crippen LogP) is 4.54. The first-order chi connectivity index (χ1) is 15.5. The maximum absolute atomic E-state index is 13.1. The van der Waals surface area contributed by atoms with Crippen LogP contribution in [0.15, 0.2) is 18.2 Å². The van der Waals surface area contributed by atoms with E-state index in [0.717, 1.165) is 19.1 Å². The molecule has 0 radical (unpaired) electrons. The van der Waals surface area contributed by atoms with Gasteiger partial charge in [0.15, 0.2) is 12.7 Å². The molecule has 7 nitrogen and oxygen atoms in total. The lowest BCUT2D eigenvalue weighted by Gasteiger charge is -2.45. The highest BCUT2D eigenvalue weighted by Crippen LogP contribution is 2.35. The van der Waals surface area contributed by atoms with Crippen molar-refractivity contribution in [3.8, 4) is 5.75 Å². The van der Waals surface area contributed by atoms with Crippen molar-refractivity contribution in [2.24, 2.45) is 0 Å². The average Bonchev–Trinajstić information content (AvgIpc) is 2.71. The van der Waals surface area contributed by atoms with Crippen LogP contribution in [0, 0.1) is 0 Å². The van der Waals surface area contributed by atoms with Crippen LogP contribution in [0.4, 0.5) is 31.1 Å². The quantitative estimate of drug-likeness (QED) is 0.554. The molecule has 1 heterocycles. The molecule has 13 heteroatoms. The van der Waals surface area contributed by atoms with E-state index in [1.165, 1.54) is 11.0 Å². The Morgan fingerprint density at radius 1 is 1.18 bits per heavy atom. The van der Waals surface area contributed by atoms with Crippen molar-refractivity contribution in [1.29, 1.82) is 0 Å². The zero-order chi connectivity index (χ0) is 25.9. The normalized spacial score (nSPS) is 17.4. The van der Waals surface area contributed by atoms with Crippen molar-refractivity contribution in [2.75, 3.05) is 26.7 Å². The van der Waals surface area contributed by atoms with Crippen LogP contribution in [-0.2, 0) is 22.3 Å². The van der Waals surface area contributed by atoms with Crippen molar-refractivity contribution in [2.45, 2.75) is 57.2 Å². The number of carboxylic acids is 1. The summed E-state index contributed by atoms with van der Waals surface area (Å²) in [6.07, 6.45) is -11.9. The average molecular weight is 500 g/mol. The molecule has 0 bridgehead atoms. The zero-order valence-electron chi connectivity index (χ0n) is 18.8. The second kappa shape index (κ2) is 10.3. The van der Waals surface area contributed by atoms with Crippen molar-refractivity contribution in [3.05, 3.63) is 29.3 Å². The number of carbonyl (C=O) groups excluding carboxylic acids is 1. The number of benzene rings is 1. The summed E-state index contributed by atoms with van der Waals surface area (Å²) in [6, 6.07) is 2.83. The van der Waals surface area contributed by atoms with E-state index in [-0.39, 0.29) is 25.4 Å². The molecule has 0 aromatic heterocycles. The fraction of sp³-hybridized carbons (Fsp3) is 0.619. The summed E-state index contributed by atoms with van der Waals surface area (Å²) in [5, 5.41) is 8.83. The van der Waals surface area contributed by atoms with E-state index in [2.05, 4.69) is 4.74 Å². The number of ether oxygens (including phenoxy) is 2. The Morgan fingerprint density at radius 3 is 2.26 bits per heavy atom. The number of likely N-dealkylation sites (tertiary alicyclic amines) is 1. The molecule has 1 aromatic rings. The number of aliphatic carboxylic acids is 1. The summed E-state index contributed by atoms with van der Waals surface area (Å²) >= 11 is 0. The fourth-order valence-corrected chi connectivity index (χ4v) is 3.43. The lowest BCUT2D eigenvalue weighted by atomic mass is 9.87. The van der Waals surface area contributed by atoms with E-state index in [1.807, 2.05) is 11.8 Å². The number of carboxylic acid groups (broad SMARTS) is 1. The van der Waals surface area contributed by atoms with Crippen LogP contribution in [0.2, 0.25) is 0 Å². The molecule has 192 valence electrons. The van der Waals surface area contributed by atoms with Crippen LogP contribution < -0.4 is 4.74 Å². The second-order valence-corrected chi connectivity index (χ2v) is 8.41. The summed E-state index contributed by atoms with van der Waals surface area (Å²) in [5.41, 5.74) is -1.19. The summed E-state index contributed by atoms with van der Waals surface area (Å²) in [5.74, 6) is -1.56. The van der Waals surface area contributed by atoms with E-state index >= 15 is 0 Å². The summed E-state index contributed by atoms with van der Waals surface area (Å²) < 4.78 is 86.6. The van der Waals surface area contributed by atoms with Crippen LogP contribution >= 0.6 is 0 Å². The van der Waals surface area contributed by atoms with Crippen LogP contribution in [0.3, 0.4) is 0 Å². The summed E-state index contributed by atoms with van der Waals surface area (Å²) in [7, 11) is 1.71. The van der Waals surface area contributed by atoms with Crippen LogP contribution in [0.1, 0.15) is 37.8 Å². The lowest BCUT2D eigenvalue weighted by molar-refractivity contribution is -0.200. The first-order valence-electron chi connectivity index (χ1n) is 10.3. The van der Waals surface area contributed by atoms with Crippen LogP contribution in [0.5, 0.6) is 5.75 Å². The molecule has 1 aliphatic rings. The molecule has 1 aliphatic heterocycles. The molecule has 0 saturated carbocycles. The number of amides is 1. The lowest BCUT2D eigenvalue weighted by Crippen LogP contribution is -2.53. The molecule has 2 rings (SSSR count). The Labute approximate surface area is 192 Å². The van der Waals surface area contributed by atoms with Crippen LogP contribution in [0.25, 0.3) is 0 Å². The van der Waals surface area contributed by atoms with Crippen molar-refractivity contribution in [1.82, 2.24) is 9.80 Å². The van der Waals surface area contributed by atoms with Crippen LogP contribution in [-0.4, -0.2) is 71.5 Å². The van der Waals surface area contributed by atoms with Crippen molar-refractivity contribution >= 4 is 12.1 Å². The number of piperidine rings is 1. The fourth-order valence-electron chi connectivity index (χ4n) is 3.43. The van der Waals surface area contributed by atoms with Gasteiger partial charge in [0.1, 0.15) is 5.75 Å². The first-order valence-corrected chi connectivity index (χ1v) is 10.3. The first kappa shape index (κ1) is 27.5. The van der Waals surface area contributed by atoms with E-state index in [0.29, 0.717) is 18.4 Å². The van der Waals surface area contributed by atoms with Gasteiger partial charge in [-0.1, -0.05) is 6.07 Å². The Hall–Kier alpha value is -2.70. The smallest absolute Gasteiger partial charge is 0.425 e. The van der Waals surface area contributed by atoms with Gasteiger partial charge in [-0.25, -0.2) is 9.59 Å². The number of rotatable bonds is 7. The zero-order valence-corrected chi connectivity index (χ0v) is 18.8. The minimum Gasteiger partial charge on any atom is -0.482 e. The van der Waals surface area contributed by atoms with Gasteiger partial charge in [0.05, 0.1) is 5.56 Å². The standard InChI is InChI=1S/C21H26F6N2O5/c1-13(20(22,23)24)34-18(32)29-8-6-19(2,7-9-29)28(3)11-14-4-5-15(21(25,26)27)10-16(14)33-12-17(30)31/h4-5,10,13H,6-9,11-12H2,1-3H3,(H,30,31). The van der Waals surface area contributed by atoms with E-state index in [9.17, 15) is 35.9 Å². The Kier molecular flexibility index (Phi) is 8.33. The maximum atomic E-state index is 13.1. The highest BCUT2D eigenvalue weighted by Gasteiger charge is 2.41. The Morgan fingerprint density at radius 2 is 1.76 bits per heavy atom. The van der Waals surface area contributed by atoms with Gasteiger partial charge in [0.25, 0.3) is 0 Å². The second-order valence-electron chi connectivity index (χ2n) is 8.41. The van der Waals surface area contributed by atoms with E-state index in [1.54, 1.807) is 7.05 Å². The third-order valence-electron chi connectivity index (χ3n) is 5.91. The number of hydrogen-bond acceptors (Lipinski definition) is 5. The van der Waals surface area contributed by atoms with E-state index in [4.69, 9.17) is 9.84 Å². The molecule has 34 heavy (non-hydrogen) atoms. The van der Waals surface area contributed by atoms with Gasteiger partial charge in [0.2, 0.25) is 0 Å². The highest BCUT2D eigenvalue weighted by molar-refractivity contribution is 5.68. The molecule has 0 spiro atoms. The van der Waals surface area contributed by atoms with Gasteiger partial charge in [-0.3, -0.25) is 4.90 Å². The number of halogens is 6. The van der Waals surface area contributed by atoms with Gasteiger partial charge in [0, 0.05) is 30.7 Å². The molecule has 0 aliphatic carbocycles. The Balaban J connectivity index is 2.08. The SMILES string of the molecule is CC(OC(=O)N1CCC(C)(N(C)Cc2ccc(C(F)(F)F)cc2OCC(=O)O)CC1)C(F)(F)F. The Bertz CT molecular complexity index is 881. The molecule has 1 fully saturated rings. The minimum absolute atomic E-state index is 0.110. The van der Waals surface area contributed by atoms with Gasteiger partial charge in [-0.05, 0) is 45.9 Å². The number of hydrogen-bond donors (Lipinski definition) is 1. The van der Waals surface area contributed by atoms with E-state index < -0.39 is 48.2 Å². The molecule has 1 amide bonds. The molecular weight excluding hydrogens is 474 g/mol. The number of nitrogens with zero attached hydrogens (tertiary/aromatic N) is 2. The predicted molar refractivity (Wildman–Crippen MR) is 107 cm³/mol. The molecular formula is C21H26F6N2O5.